The van der Waals surface area contributed by atoms with Crippen molar-refractivity contribution in [1.29, 1.82) is 0 Å². The maximum atomic E-state index is 11.0. The van der Waals surface area contributed by atoms with Crippen LogP contribution in [0.1, 0.15) is 17.7 Å². The molecule has 1 aliphatic heterocycles. The summed E-state index contributed by atoms with van der Waals surface area (Å²) >= 11 is 3.50. The number of amides is 1. The standard InChI is InChI=1S/C13H18BrN3O2/c1-7-3-10(14)13(16-8(7)2)17-5-9(4-12(15)19)11(18)6-17/h3,9,11,18H,4-6H2,1-2H3,(H2,15,19)/t9-,11-/m1/s1. The highest BCUT2D eigenvalue weighted by Gasteiger charge is 2.33. The molecule has 2 heterocycles. The number of aliphatic hydroxyl groups is 1. The molecule has 3 N–H and O–H groups in total. The number of carbonyl (C=O) groups is 1. The van der Waals surface area contributed by atoms with E-state index in [-0.39, 0.29) is 18.2 Å². The van der Waals surface area contributed by atoms with Gasteiger partial charge in [-0.25, -0.2) is 4.98 Å². The van der Waals surface area contributed by atoms with Crippen LogP contribution in [0.2, 0.25) is 0 Å². The van der Waals surface area contributed by atoms with Crippen molar-refractivity contribution in [1.82, 2.24) is 4.98 Å². The van der Waals surface area contributed by atoms with Gasteiger partial charge >= 0.3 is 0 Å². The third-order valence-corrected chi connectivity index (χ3v) is 4.15. The minimum atomic E-state index is -0.539. The summed E-state index contributed by atoms with van der Waals surface area (Å²) < 4.78 is 0.905. The van der Waals surface area contributed by atoms with Crippen LogP contribution in [-0.4, -0.2) is 35.2 Å². The van der Waals surface area contributed by atoms with Crippen LogP contribution in [0.25, 0.3) is 0 Å². The zero-order valence-corrected chi connectivity index (χ0v) is 12.6. The van der Waals surface area contributed by atoms with Crippen LogP contribution in [-0.2, 0) is 4.79 Å². The van der Waals surface area contributed by atoms with Crippen molar-refractivity contribution in [3.05, 3.63) is 21.8 Å². The molecule has 1 aromatic rings. The monoisotopic (exact) mass is 327 g/mol. The number of primary amides is 1. The molecule has 0 aliphatic carbocycles. The average Bonchev–Trinajstić information content (AvgIpc) is 2.64. The number of hydrogen-bond donors (Lipinski definition) is 2. The van der Waals surface area contributed by atoms with Crippen molar-refractivity contribution < 1.29 is 9.90 Å². The van der Waals surface area contributed by atoms with Crippen molar-refractivity contribution in [2.75, 3.05) is 18.0 Å². The number of hydrogen-bond acceptors (Lipinski definition) is 4. The van der Waals surface area contributed by atoms with Gasteiger partial charge in [-0.3, -0.25) is 4.79 Å². The topological polar surface area (TPSA) is 79.5 Å². The van der Waals surface area contributed by atoms with E-state index in [1.54, 1.807) is 0 Å². The van der Waals surface area contributed by atoms with E-state index in [9.17, 15) is 9.90 Å². The number of aliphatic hydroxyl groups excluding tert-OH is 1. The summed E-state index contributed by atoms with van der Waals surface area (Å²) in [6.45, 7) is 5.04. The third-order valence-electron chi connectivity index (χ3n) is 3.57. The Labute approximate surface area is 120 Å². The van der Waals surface area contributed by atoms with E-state index in [1.165, 1.54) is 0 Å². The molecule has 0 spiro atoms. The van der Waals surface area contributed by atoms with E-state index in [1.807, 2.05) is 24.8 Å². The van der Waals surface area contributed by atoms with Gasteiger partial charge in [-0.15, -0.1) is 0 Å². The highest BCUT2D eigenvalue weighted by atomic mass is 79.9. The lowest BCUT2D eigenvalue weighted by Gasteiger charge is -2.19. The maximum absolute atomic E-state index is 11.0. The lowest BCUT2D eigenvalue weighted by atomic mass is 10.0. The molecule has 5 nitrogen and oxygen atoms in total. The Balaban J connectivity index is 2.20. The summed E-state index contributed by atoms with van der Waals surface area (Å²) in [5.74, 6) is 0.319. The highest BCUT2D eigenvalue weighted by molar-refractivity contribution is 9.10. The predicted octanol–water partition coefficient (Wildman–Crippen LogP) is 1.13. The summed E-state index contributed by atoms with van der Waals surface area (Å²) in [4.78, 5) is 17.5. The van der Waals surface area contributed by atoms with Gasteiger partial charge in [0.15, 0.2) is 0 Å². The summed E-state index contributed by atoms with van der Waals surface area (Å²) in [6.07, 6.45) is -0.331. The number of β-amino-alcohol motifs (C(OH)–C–C–N with tert-alkyl or cyclic N) is 1. The zero-order valence-electron chi connectivity index (χ0n) is 11.1. The second-order valence-electron chi connectivity index (χ2n) is 5.10. The molecular formula is C13H18BrN3O2. The van der Waals surface area contributed by atoms with Crippen LogP contribution in [0.5, 0.6) is 0 Å². The molecule has 0 unspecified atom stereocenters. The number of halogens is 1. The third kappa shape index (κ3) is 3.06. The van der Waals surface area contributed by atoms with Gasteiger partial charge in [-0.2, -0.15) is 0 Å². The molecule has 6 heteroatoms. The Hall–Kier alpha value is -1.14. The molecule has 1 aromatic heterocycles. The summed E-state index contributed by atoms with van der Waals surface area (Å²) in [6, 6.07) is 2.02. The summed E-state index contributed by atoms with van der Waals surface area (Å²) in [5.41, 5.74) is 7.28. The van der Waals surface area contributed by atoms with Crippen LogP contribution < -0.4 is 10.6 Å². The summed E-state index contributed by atoms with van der Waals surface area (Å²) in [5, 5.41) is 9.99. The van der Waals surface area contributed by atoms with Crippen LogP contribution >= 0.6 is 15.9 Å². The van der Waals surface area contributed by atoms with Gasteiger partial charge in [0.2, 0.25) is 5.91 Å². The summed E-state index contributed by atoms with van der Waals surface area (Å²) in [7, 11) is 0. The predicted molar refractivity (Wildman–Crippen MR) is 76.9 cm³/mol. The van der Waals surface area contributed by atoms with Crippen LogP contribution in [0, 0.1) is 19.8 Å². The molecule has 104 valence electrons. The van der Waals surface area contributed by atoms with Gasteiger partial charge in [-0.05, 0) is 41.4 Å². The van der Waals surface area contributed by atoms with E-state index in [0.717, 1.165) is 21.5 Å². The first-order valence-electron chi connectivity index (χ1n) is 6.23. The smallest absolute Gasteiger partial charge is 0.217 e. The Morgan fingerprint density at radius 1 is 1.58 bits per heavy atom. The molecule has 2 rings (SSSR count). The molecule has 0 saturated carbocycles. The SMILES string of the molecule is Cc1cc(Br)c(N2C[C@@H](CC(N)=O)[C@H](O)C2)nc1C. The normalized spacial score (nSPS) is 22.8. The second kappa shape index (κ2) is 5.46. The molecule has 1 amide bonds. The molecule has 19 heavy (non-hydrogen) atoms. The number of nitrogens with two attached hydrogens (primary N) is 1. The number of nitrogens with zero attached hydrogens (tertiary/aromatic N) is 2. The fraction of sp³-hybridized carbons (Fsp3) is 0.538. The molecule has 1 aliphatic rings. The number of rotatable bonds is 3. The molecule has 0 aromatic carbocycles. The largest absolute Gasteiger partial charge is 0.391 e. The van der Waals surface area contributed by atoms with E-state index >= 15 is 0 Å². The maximum Gasteiger partial charge on any atom is 0.217 e. The number of aromatic nitrogens is 1. The molecular weight excluding hydrogens is 310 g/mol. The number of carbonyl (C=O) groups excluding carboxylic acids is 1. The van der Waals surface area contributed by atoms with E-state index in [2.05, 4.69) is 20.9 Å². The molecule has 1 saturated heterocycles. The quantitative estimate of drug-likeness (QED) is 0.872. The molecule has 1 fully saturated rings. The molecule has 2 atom stereocenters. The lowest BCUT2D eigenvalue weighted by molar-refractivity contribution is -0.119. The Morgan fingerprint density at radius 3 is 2.89 bits per heavy atom. The van der Waals surface area contributed by atoms with Gasteiger partial charge in [0, 0.05) is 31.1 Å². The first-order chi connectivity index (χ1) is 8.88. The first kappa shape index (κ1) is 14.3. The fourth-order valence-corrected chi connectivity index (χ4v) is 3.05. The lowest BCUT2D eigenvalue weighted by Crippen LogP contribution is -2.24. The van der Waals surface area contributed by atoms with Gasteiger partial charge in [0.1, 0.15) is 5.82 Å². The minimum Gasteiger partial charge on any atom is -0.391 e. The molecule has 0 bridgehead atoms. The van der Waals surface area contributed by atoms with Crippen LogP contribution in [0.3, 0.4) is 0 Å². The van der Waals surface area contributed by atoms with Gasteiger partial charge in [0.25, 0.3) is 0 Å². The van der Waals surface area contributed by atoms with E-state index in [4.69, 9.17) is 5.73 Å². The second-order valence-corrected chi connectivity index (χ2v) is 5.95. The average molecular weight is 328 g/mol. The first-order valence-corrected chi connectivity index (χ1v) is 7.03. The Bertz CT molecular complexity index is 507. The van der Waals surface area contributed by atoms with Crippen molar-refractivity contribution >= 4 is 27.7 Å². The van der Waals surface area contributed by atoms with Crippen molar-refractivity contribution in [3.63, 3.8) is 0 Å². The van der Waals surface area contributed by atoms with Crippen molar-refractivity contribution in [2.45, 2.75) is 26.4 Å². The number of pyridine rings is 1. The van der Waals surface area contributed by atoms with E-state index < -0.39 is 6.10 Å². The highest BCUT2D eigenvalue weighted by Crippen LogP contribution is 2.31. The van der Waals surface area contributed by atoms with Crippen molar-refractivity contribution in [3.8, 4) is 0 Å². The van der Waals surface area contributed by atoms with Crippen LogP contribution in [0.15, 0.2) is 10.5 Å². The zero-order chi connectivity index (χ0) is 14.2. The molecule has 0 radical (unpaired) electrons. The van der Waals surface area contributed by atoms with Crippen LogP contribution in [0.4, 0.5) is 5.82 Å². The van der Waals surface area contributed by atoms with Gasteiger partial charge in [-0.1, -0.05) is 0 Å². The minimum absolute atomic E-state index is 0.118. The number of anilines is 1. The van der Waals surface area contributed by atoms with Gasteiger partial charge in [0.05, 0.1) is 10.6 Å². The van der Waals surface area contributed by atoms with Gasteiger partial charge < -0.3 is 15.7 Å². The fourth-order valence-electron chi connectivity index (χ4n) is 2.37. The van der Waals surface area contributed by atoms with E-state index in [0.29, 0.717) is 13.1 Å². The number of aryl methyl sites for hydroxylation is 2. The Kier molecular flexibility index (Phi) is 4.10. The van der Waals surface area contributed by atoms with Crippen molar-refractivity contribution in [2.24, 2.45) is 11.7 Å². The Morgan fingerprint density at radius 2 is 2.26 bits per heavy atom.